The van der Waals surface area contributed by atoms with Gasteiger partial charge in [0.15, 0.2) is 0 Å². The van der Waals surface area contributed by atoms with Crippen molar-refractivity contribution in [3.05, 3.63) is 16.9 Å². The van der Waals surface area contributed by atoms with Crippen molar-refractivity contribution < 1.29 is 9.53 Å². The summed E-state index contributed by atoms with van der Waals surface area (Å²) in [6, 6.07) is 0. The number of amides is 1. The van der Waals surface area contributed by atoms with Gasteiger partial charge in [0.05, 0.1) is 10.7 Å². The van der Waals surface area contributed by atoms with Crippen molar-refractivity contribution in [1.29, 1.82) is 0 Å². The molecule has 1 heterocycles. The highest BCUT2D eigenvalue weighted by Gasteiger charge is 2.02. The van der Waals surface area contributed by atoms with Crippen LogP contribution in [0.5, 0.6) is 0 Å². The zero-order chi connectivity index (χ0) is 11.1. The Morgan fingerprint density at radius 3 is 3.13 bits per heavy atom. The van der Waals surface area contributed by atoms with Gasteiger partial charge in [-0.2, -0.15) is 5.10 Å². The van der Waals surface area contributed by atoms with Gasteiger partial charge in [-0.3, -0.25) is 9.48 Å². The van der Waals surface area contributed by atoms with Gasteiger partial charge < -0.3 is 10.1 Å². The molecule has 1 aromatic rings. The van der Waals surface area contributed by atoms with E-state index in [0.29, 0.717) is 13.2 Å². The fraction of sp³-hybridized carbons (Fsp3) is 0.556. The van der Waals surface area contributed by atoms with Crippen LogP contribution < -0.4 is 5.32 Å². The number of halogens is 1. The van der Waals surface area contributed by atoms with Crippen molar-refractivity contribution in [2.45, 2.75) is 13.0 Å². The van der Waals surface area contributed by atoms with E-state index in [1.807, 2.05) is 0 Å². The van der Waals surface area contributed by atoms with Crippen LogP contribution in [0.2, 0.25) is 0 Å². The molecule has 1 N–H and O–H groups in total. The van der Waals surface area contributed by atoms with Crippen molar-refractivity contribution in [2.75, 3.05) is 20.3 Å². The topological polar surface area (TPSA) is 56.1 Å². The van der Waals surface area contributed by atoms with E-state index < -0.39 is 0 Å². The van der Waals surface area contributed by atoms with Gasteiger partial charge in [0.25, 0.3) is 0 Å². The lowest BCUT2D eigenvalue weighted by atomic mass is 10.4. The normalized spacial score (nSPS) is 10.3. The van der Waals surface area contributed by atoms with Crippen LogP contribution in [0.3, 0.4) is 0 Å². The number of carbonyl (C=O) groups is 1. The van der Waals surface area contributed by atoms with E-state index >= 15 is 0 Å². The quantitative estimate of drug-likeness (QED) is 0.782. The number of nitrogens with zero attached hydrogens (tertiary/aromatic N) is 2. The molecule has 1 rings (SSSR count). The van der Waals surface area contributed by atoms with E-state index in [4.69, 9.17) is 4.74 Å². The molecular weight excluding hydrogens is 262 g/mol. The summed E-state index contributed by atoms with van der Waals surface area (Å²) in [5.41, 5.74) is 0. The number of hydrogen-bond acceptors (Lipinski definition) is 3. The summed E-state index contributed by atoms with van der Waals surface area (Å²) in [4.78, 5) is 11.4. The van der Waals surface area contributed by atoms with Crippen molar-refractivity contribution in [1.82, 2.24) is 15.1 Å². The van der Waals surface area contributed by atoms with Gasteiger partial charge in [0.1, 0.15) is 6.54 Å². The first-order valence-corrected chi connectivity index (χ1v) is 5.45. The molecule has 0 aromatic carbocycles. The Morgan fingerprint density at radius 2 is 2.53 bits per heavy atom. The highest BCUT2D eigenvalue weighted by Crippen LogP contribution is 2.05. The van der Waals surface area contributed by atoms with E-state index in [0.717, 1.165) is 10.9 Å². The molecule has 0 bridgehead atoms. The van der Waals surface area contributed by atoms with Crippen LogP contribution >= 0.6 is 15.9 Å². The first kappa shape index (κ1) is 12.2. The summed E-state index contributed by atoms with van der Waals surface area (Å²) in [6.45, 7) is 1.54. The summed E-state index contributed by atoms with van der Waals surface area (Å²) in [5.74, 6) is -0.0401. The third-order valence-electron chi connectivity index (χ3n) is 1.75. The van der Waals surface area contributed by atoms with Crippen LogP contribution in [-0.4, -0.2) is 35.9 Å². The lowest BCUT2D eigenvalue weighted by molar-refractivity contribution is -0.121. The molecule has 1 amide bonds. The summed E-state index contributed by atoms with van der Waals surface area (Å²) in [7, 11) is 1.64. The number of nitrogens with one attached hydrogen (secondary N) is 1. The molecule has 6 heteroatoms. The van der Waals surface area contributed by atoms with E-state index in [2.05, 4.69) is 26.3 Å². The van der Waals surface area contributed by atoms with Crippen molar-refractivity contribution >= 4 is 21.8 Å². The Kier molecular flexibility index (Phi) is 5.34. The molecule has 5 nitrogen and oxygen atoms in total. The van der Waals surface area contributed by atoms with Crippen LogP contribution in [0.15, 0.2) is 16.9 Å². The second-order valence-electron chi connectivity index (χ2n) is 3.05. The van der Waals surface area contributed by atoms with Crippen LogP contribution in [0, 0.1) is 0 Å². The van der Waals surface area contributed by atoms with Crippen LogP contribution in [0.25, 0.3) is 0 Å². The molecule has 15 heavy (non-hydrogen) atoms. The molecule has 0 atom stereocenters. The van der Waals surface area contributed by atoms with Crippen molar-refractivity contribution in [3.63, 3.8) is 0 Å². The second kappa shape index (κ2) is 6.58. The van der Waals surface area contributed by atoms with E-state index in [9.17, 15) is 4.79 Å². The third kappa shape index (κ3) is 4.94. The number of ether oxygens (including phenoxy) is 1. The predicted molar refractivity (Wildman–Crippen MR) is 59.4 cm³/mol. The first-order valence-electron chi connectivity index (χ1n) is 4.66. The van der Waals surface area contributed by atoms with Gasteiger partial charge in [-0.05, 0) is 22.4 Å². The zero-order valence-electron chi connectivity index (χ0n) is 8.57. The van der Waals surface area contributed by atoms with Gasteiger partial charge in [-0.15, -0.1) is 0 Å². The van der Waals surface area contributed by atoms with Gasteiger partial charge >= 0.3 is 0 Å². The lowest BCUT2D eigenvalue weighted by Crippen LogP contribution is -2.29. The van der Waals surface area contributed by atoms with Gasteiger partial charge in [0, 0.05) is 26.5 Å². The van der Waals surface area contributed by atoms with Crippen LogP contribution in [-0.2, 0) is 16.1 Å². The smallest absolute Gasteiger partial charge is 0.241 e. The largest absolute Gasteiger partial charge is 0.385 e. The van der Waals surface area contributed by atoms with Crippen molar-refractivity contribution in [3.8, 4) is 0 Å². The number of carbonyl (C=O) groups excluding carboxylic acids is 1. The average Bonchev–Trinajstić information content (AvgIpc) is 2.59. The second-order valence-corrected chi connectivity index (χ2v) is 3.97. The zero-order valence-corrected chi connectivity index (χ0v) is 10.2. The number of rotatable bonds is 6. The van der Waals surface area contributed by atoms with Crippen molar-refractivity contribution in [2.24, 2.45) is 0 Å². The Hall–Kier alpha value is -0.880. The number of aromatic nitrogens is 2. The van der Waals surface area contributed by atoms with E-state index in [1.54, 1.807) is 24.2 Å². The molecule has 0 fully saturated rings. The fourth-order valence-corrected chi connectivity index (χ4v) is 1.40. The Labute approximate surface area is 96.9 Å². The highest BCUT2D eigenvalue weighted by atomic mass is 79.9. The Morgan fingerprint density at radius 1 is 1.73 bits per heavy atom. The SMILES string of the molecule is COCCCNC(=O)Cn1cc(Br)cn1. The molecule has 0 saturated heterocycles. The molecule has 1 aromatic heterocycles. The predicted octanol–water partition coefficient (Wildman–Crippen LogP) is 0.798. The number of methoxy groups -OCH3 is 1. The Bertz CT molecular complexity index is 314. The molecule has 0 unspecified atom stereocenters. The van der Waals surface area contributed by atoms with Crippen LogP contribution in [0.4, 0.5) is 0 Å². The maximum Gasteiger partial charge on any atom is 0.241 e. The highest BCUT2D eigenvalue weighted by molar-refractivity contribution is 9.10. The fourth-order valence-electron chi connectivity index (χ4n) is 1.07. The van der Waals surface area contributed by atoms with Gasteiger partial charge in [0.2, 0.25) is 5.91 Å². The van der Waals surface area contributed by atoms with Crippen LogP contribution in [0.1, 0.15) is 6.42 Å². The average molecular weight is 276 g/mol. The summed E-state index contributed by atoms with van der Waals surface area (Å²) >= 11 is 3.26. The Balaban J connectivity index is 2.18. The maximum atomic E-state index is 11.4. The third-order valence-corrected chi connectivity index (χ3v) is 2.16. The summed E-state index contributed by atoms with van der Waals surface area (Å²) < 4.78 is 7.32. The van der Waals surface area contributed by atoms with Gasteiger partial charge in [-0.1, -0.05) is 0 Å². The van der Waals surface area contributed by atoms with Gasteiger partial charge in [-0.25, -0.2) is 0 Å². The monoisotopic (exact) mass is 275 g/mol. The first-order chi connectivity index (χ1) is 7.22. The molecule has 0 radical (unpaired) electrons. The number of hydrogen-bond donors (Lipinski definition) is 1. The molecule has 0 aliphatic carbocycles. The summed E-state index contributed by atoms with van der Waals surface area (Å²) in [5, 5.41) is 6.76. The molecule has 0 aliphatic rings. The minimum atomic E-state index is -0.0401. The molecule has 0 aliphatic heterocycles. The van der Waals surface area contributed by atoms with E-state index in [1.165, 1.54) is 0 Å². The standard InChI is InChI=1S/C9H14BrN3O2/c1-15-4-2-3-11-9(14)7-13-6-8(10)5-12-13/h5-6H,2-4,7H2,1H3,(H,11,14). The van der Waals surface area contributed by atoms with E-state index in [-0.39, 0.29) is 12.5 Å². The molecule has 0 spiro atoms. The maximum absolute atomic E-state index is 11.4. The lowest BCUT2D eigenvalue weighted by Gasteiger charge is -2.04. The minimum absolute atomic E-state index is 0.0401. The minimum Gasteiger partial charge on any atom is -0.385 e. The molecular formula is C9H14BrN3O2. The summed E-state index contributed by atoms with van der Waals surface area (Å²) in [6.07, 6.45) is 4.23. The molecule has 84 valence electrons. The molecule has 0 saturated carbocycles.